The normalized spacial score (nSPS) is 26.6. The molecule has 0 spiro atoms. The summed E-state index contributed by atoms with van der Waals surface area (Å²) in [6.45, 7) is 13.8. The van der Waals surface area contributed by atoms with Crippen molar-refractivity contribution in [3.63, 3.8) is 0 Å². The van der Waals surface area contributed by atoms with Crippen LogP contribution in [0.1, 0.15) is 39.8 Å². The number of nitriles is 1. The van der Waals surface area contributed by atoms with E-state index in [1.807, 2.05) is 25.7 Å². The van der Waals surface area contributed by atoms with E-state index in [0.29, 0.717) is 36.6 Å². The first-order chi connectivity index (χ1) is 15.1. The lowest BCUT2D eigenvalue weighted by Crippen LogP contribution is -2.39. The van der Waals surface area contributed by atoms with Crippen LogP contribution in [0, 0.1) is 23.2 Å². The van der Waals surface area contributed by atoms with Gasteiger partial charge < -0.3 is 24.3 Å². The highest BCUT2D eigenvalue weighted by Gasteiger charge is 2.43. The van der Waals surface area contributed by atoms with Gasteiger partial charge in [0.2, 0.25) is 5.95 Å². The first kappa shape index (κ1) is 22.6. The number of ether oxygens (including phenoxy) is 1. The predicted octanol–water partition coefficient (Wildman–Crippen LogP) is 2.18. The third-order valence-electron chi connectivity index (χ3n) is 6.58. The SMILES string of the molecule is C[C@H]1CN(C)CCCN1c1nc(C#N)cc(N2CC3CN(C(=O)OC(C)(C)C)CC3C2)n1. The maximum Gasteiger partial charge on any atom is 0.410 e. The Bertz CT molecular complexity index is 879. The van der Waals surface area contributed by atoms with Crippen molar-refractivity contribution in [1.29, 1.82) is 5.26 Å². The number of likely N-dealkylation sites (N-methyl/N-ethyl adjacent to an activating group) is 1. The van der Waals surface area contributed by atoms with Gasteiger partial charge in [-0.3, -0.25) is 0 Å². The summed E-state index contributed by atoms with van der Waals surface area (Å²) in [6.07, 6.45) is 0.819. The van der Waals surface area contributed by atoms with E-state index in [-0.39, 0.29) is 12.1 Å². The molecular formula is C23H35N7O2. The fraction of sp³-hybridized carbons (Fsp3) is 0.739. The molecule has 2 unspecified atom stereocenters. The van der Waals surface area contributed by atoms with Crippen molar-refractivity contribution >= 4 is 17.9 Å². The number of hydrogen-bond donors (Lipinski definition) is 0. The molecule has 3 aliphatic rings. The lowest BCUT2D eigenvalue weighted by Gasteiger charge is -2.29. The van der Waals surface area contributed by atoms with Crippen LogP contribution in [0.25, 0.3) is 0 Å². The molecule has 0 saturated carbocycles. The summed E-state index contributed by atoms with van der Waals surface area (Å²) in [6, 6.07) is 4.30. The van der Waals surface area contributed by atoms with Gasteiger partial charge in [0.05, 0.1) is 0 Å². The first-order valence-electron chi connectivity index (χ1n) is 11.6. The number of hydrogen-bond acceptors (Lipinski definition) is 8. The molecule has 3 saturated heterocycles. The molecule has 3 fully saturated rings. The van der Waals surface area contributed by atoms with E-state index in [1.165, 1.54) is 0 Å². The number of aromatic nitrogens is 2. The fourth-order valence-corrected chi connectivity index (χ4v) is 5.09. The minimum absolute atomic E-state index is 0.227. The molecule has 3 atom stereocenters. The molecule has 4 rings (SSSR count). The fourth-order valence-electron chi connectivity index (χ4n) is 5.09. The Balaban J connectivity index is 1.47. The van der Waals surface area contributed by atoms with Gasteiger partial charge in [-0.15, -0.1) is 0 Å². The van der Waals surface area contributed by atoms with E-state index in [1.54, 1.807) is 6.07 Å². The average molecular weight is 442 g/mol. The molecule has 0 aromatic carbocycles. The van der Waals surface area contributed by atoms with Gasteiger partial charge in [-0.2, -0.15) is 10.2 Å². The molecule has 0 radical (unpaired) electrons. The van der Waals surface area contributed by atoms with Crippen molar-refractivity contribution in [2.24, 2.45) is 11.8 Å². The smallest absolute Gasteiger partial charge is 0.410 e. The van der Waals surface area contributed by atoms with Gasteiger partial charge in [-0.25, -0.2) is 9.78 Å². The number of fused-ring (bicyclic) bond motifs is 1. The third-order valence-corrected chi connectivity index (χ3v) is 6.58. The number of rotatable bonds is 2. The number of anilines is 2. The summed E-state index contributed by atoms with van der Waals surface area (Å²) >= 11 is 0. The molecule has 4 heterocycles. The van der Waals surface area contributed by atoms with Crippen LogP contribution in [-0.4, -0.2) is 90.4 Å². The minimum Gasteiger partial charge on any atom is -0.444 e. The van der Waals surface area contributed by atoms with E-state index in [2.05, 4.69) is 39.7 Å². The number of carbonyl (C=O) groups is 1. The highest BCUT2D eigenvalue weighted by Crippen LogP contribution is 2.34. The summed E-state index contributed by atoms with van der Waals surface area (Å²) in [5, 5.41) is 9.60. The van der Waals surface area contributed by atoms with Crippen LogP contribution in [0.5, 0.6) is 0 Å². The lowest BCUT2D eigenvalue weighted by molar-refractivity contribution is 0.0282. The molecule has 3 aliphatic heterocycles. The van der Waals surface area contributed by atoms with Crippen LogP contribution < -0.4 is 9.80 Å². The predicted molar refractivity (Wildman–Crippen MR) is 123 cm³/mol. The molecule has 9 nitrogen and oxygen atoms in total. The largest absolute Gasteiger partial charge is 0.444 e. The topological polar surface area (TPSA) is 88.8 Å². The van der Waals surface area contributed by atoms with Crippen LogP contribution in [0.3, 0.4) is 0 Å². The zero-order valence-electron chi connectivity index (χ0n) is 19.9. The Kier molecular flexibility index (Phi) is 6.17. The molecule has 32 heavy (non-hydrogen) atoms. The number of nitrogens with zero attached hydrogens (tertiary/aromatic N) is 7. The van der Waals surface area contributed by atoms with Crippen molar-refractivity contribution < 1.29 is 9.53 Å². The quantitative estimate of drug-likeness (QED) is 0.690. The molecule has 0 N–H and O–H groups in total. The number of amides is 1. The molecule has 9 heteroatoms. The number of likely N-dealkylation sites (tertiary alicyclic amines) is 1. The van der Waals surface area contributed by atoms with Crippen LogP contribution in [0.4, 0.5) is 16.6 Å². The Morgan fingerprint density at radius 2 is 1.81 bits per heavy atom. The summed E-state index contributed by atoms with van der Waals surface area (Å²) in [7, 11) is 2.14. The zero-order chi connectivity index (χ0) is 23.0. The van der Waals surface area contributed by atoms with Gasteiger partial charge in [0, 0.05) is 63.2 Å². The molecule has 1 aromatic rings. The molecular weight excluding hydrogens is 406 g/mol. The molecule has 1 amide bonds. The summed E-state index contributed by atoms with van der Waals surface area (Å²) < 4.78 is 5.55. The van der Waals surface area contributed by atoms with Crippen molar-refractivity contribution in [3.05, 3.63) is 11.8 Å². The summed E-state index contributed by atoms with van der Waals surface area (Å²) in [5.41, 5.74) is -0.0761. The minimum atomic E-state index is -0.481. The Hall–Kier alpha value is -2.60. The second kappa shape index (κ2) is 8.74. The van der Waals surface area contributed by atoms with Gasteiger partial charge in [-0.1, -0.05) is 0 Å². The first-order valence-corrected chi connectivity index (χ1v) is 11.6. The van der Waals surface area contributed by atoms with E-state index < -0.39 is 5.60 Å². The van der Waals surface area contributed by atoms with Gasteiger partial charge >= 0.3 is 6.09 Å². The van der Waals surface area contributed by atoms with Gasteiger partial charge in [-0.05, 0) is 47.7 Å². The van der Waals surface area contributed by atoms with Crippen molar-refractivity contribution in [2.75, 3.05) is 62.7 Å². The van der Waals surface area contributed by atoms with Crippen LogP contribution in [0.2, 0.25) is 0 Å². The van der Waals surface area contributed by atoms with Crippen molar-refractivity contribution in [1.82, 2.24) is 19.8 Å². The molecule has 1 aromatic heterocycles. The summed E-state index contributed by atoms with van der Waals surface area (Å²) in [5.74, 6) is 2.23. The van der Waals surface area contributed by atoms with E-state index in [4.69, 9.17) is 9.72 Å². The standard InChI is InChI=1S/C23H35N7O2/c1-16-11-27(5)7-6-8-30(16)21-25-19(10-24)9-20(26-21)28-12-17-14-29(15-18(17)13-28)22(31)32-23(2,3)4/h9,16-18H,6-8,11-15H2,1-5H3/t16-,17?,18?/m0/s1. The van der Waals surface area contributed by atoms with Gasteiger partial charge in [0.1, 0.15) is 23.2 Å². The Morgan fingerprint density at radius 3 is 2.44 bits per heavy atom. The van der Waals surface area contributed by atoms with Crippen molar-refractivity contribution in [2.45, 2.75) is 45.8 Å². The maximum absolute atomic E-state index is 12.5. The third kappa shape index (κ3) is 4.90. The maximum atomic E-state index is 12.5. The average Bonchev–Trinajstić information content (AvgIpc) is 3.24. The molecule has 0 bridgehead atoms. The van der Waals surface area contributed by atoms with E-state index in [9.17, 15) is 10.1 Å². The lowest BCUT2D eigenvalue weighted by atomic mass is 10.0. The number of carbonyl (C=O) groups excluding carboxylic acids is 1. The monoisotopic (exact) mass is 441 g/mol. The second-order valence-electron chi connectivity index (χ2n) is 10.5. The summed E-state index contributed by atoms with van der Waals surface area (Å²) in [4.78, 5) is 30.5. The van der Waals surface area contributed by atoms with E-state index in [0.717, 1.165) is 45.0 Å². The van der Waals surface area contributed by atoms with E-state index >= 15 is 0 Å². The molecule has 174 valence electrons. The van der Waals surface area contributed by atoms with Gasteiger partial charge in [0.15, 0.2) is 0 Å². The van der Waals surface area contributed by atoms with Crippen LogP contribution in [0.15, 0.2) is 6.07 Å². The Labute approximate surface area is 190 Å². The van der Waals surface area contributed by atoms with Gasteiger partial charge in [0.25, 0.3) is 0 Å². The Morgan fingerprint density at radius 1 is 1.12 bits per heavy atom. The zero-order valence-corrected chi connectivity index (χ0v) is 19.9. The van der Waals surface area contributed by atoms with Crippen LogP contribution >= 0.6 is 0 Å². The van der Waals surface area contributed by atoms with Crippen LogP contribution in [-0.2, 0) is 4.74 Å². The van der Waals surface area contributed by atoms with Crippen molar-refractivity contribution in [3.8, 4) is 6.07 Å². The highest BCUT2D eigenvalue weighted by molar-refractivity contribution is 5.68. The highest BCUT2D eigenvalue weighted by atomic mass is 16.6. The second-order valence-corrected chi connectivity index (χ2v) is 10.5. The molecule has 0 aliphatic carbocycles.